The average molecular weight is 1160 g/mol. The summed E-state index contributed by atoms with van der Waals surface area (Å²) in [4.78, 5) is 139. The van der Waals surface area contributed by atoms with E-state index >= 15 is 0 Å². The lowest BCUT2D eigenvalue weighted by atomic mass is 9.81. The van der Waals surface area contributed by atoms with Gasteiger partial charge in [0.2, 0.25) is 17.7 Å². The predicted molar refractivity (Wildman–Crippen MR) is 295 cm³/mol. The van der Waals surface area contributed by atoms with Crippen molar-refractivity contribution < 1.29 is 88.5 Å². The molecule has 1 saturated carbocycles. The van der Waals surface area contributed by atoms with Gasteiger partial charge in [-0.2, -0.15) is 11.8 Å². The number of amides is 5. The van der Waals surface area contributed by atoms with Gasteiger partial charge in [0.25, 0.3) is 0 Å². The molecule has 444 valence electrons. The number of carboxylic acid groups (broad SMARTS) is 7. The van der Waals surface area contributed by atoms with Crippen LogP contribution in [0.3, 0.4) is 0 Å². The summed E-state index contributed by atoms with van der Waals surface area (Å²) in [5.74, 6) is -11.8. The van der Waals surface area contributed by atoms with Crippen molar-refractivity contribution in [1.29, 1.82) is 0 Å². The number of thioether (sulfide) groups is 1. The number of rotatable bonds is 39. The fraction of sp³-hybridized carbons (Fsp3) is 0.528. The van der Waals surface area contributed by atoms with Gasteiger partial charge in [0.15, 0.2) is 0 Å². The predicted octanol–water partition coefficient (Wildman–Crippen LogP) is 0.133. The normalized spacial score (nSPS) is 15.7. The topological polar surface area (TPSA) is 420 Å². The summed E-state index contributed by atoms with van der Waals surface area (Å²) in [5, 5.41) is 87.4. The molecule has 0 spiro atoms. The Balaban J connectivity index is 1.42. The van der Waals surface area contributed by atoms with Crippen LogP contribution in [0.4, 0.5) is 4.79 Å². The summed E-state index contributed by atoms with van der Waals surface area (Å²) < 4.78 is 0. The number of nitrogens with one attached hydrogen (secondary N) is 7. The maximum Gasteiger partial charge on any atom is 0.327 e. The van der Waals surface area contributed by atoms with E-state index in [4.69, 9.17) is 15.3 Å². The number of hydrogen-bond acceptors (Lipinski definition) is 16. The number of fused-ring (bicyclic) bond motifs is 2. The van der Waals surface area contributed by atoms with Crippen LogP contribution in [-0.4, -0.2) is 219 Å². The van der Waals surface area contributed by atoms with Crippen molar-refractivity contribution in [2.45, 2.75) is 82.0 Å². The number of aliphatic carboxylic acids is 7. The second-order valence-electron chi connectivity index (χ2n) is 19.6. The minimum atomic E-state index is -1.63. The first-order valence-electron chi connectivity index (χ1n) is 26.4. The van der Waals surface area contributed by atoms with Gasteiger partial charge in [-0.15, -0.1) is 0 Å². The Kier molecular flexibility index (Phi) is 28.0. The monoisotopic (exact) mass is 1160 g/mol. The lowest BCUT2D eigenvalue weighted by molar-refractivity contribution is -0.142. The summed E-state index contributed by atoms with van der Waals surface area (Å²) in [7, 11) is 0. The minimum absolute atomic E-state index is 0.0307. The molecule has 27 nitrogen and oxygen atoms in total. The molecule has 14 N–H and O–H groups in total. The fourth-order valence-corrected chi connectivity index (χ4v) is 10.3. The Labute approximate surface area is 470 Å². The van der Waals surface area contributed by atoms with Crippen LogP contribution in [0.2, 0.25) is 0 Å². The molecule has 0 radical (unpaired) electrons. The van der Waals surface area contributed by atoms with E-state index in [1.54, 1.807) is 9.80 Å². The van der Waals surface area contributed by atoms with Crippen LogP contribution < -0.4 is 37.2 Å². The maximum absolute atomic E-state index is 14.4. The molecule has 3 aromatic rings. The van der Waals surface area contributed by atoms with E-state index in [0.717, 1.165) is 33.3 Å². The molecule has 0 aliphatic heterocycles. The van der Waals surface area contributed by atoms with Crippen LogP contribution in [-0.2, 0) is 54.4 Å². The second kappa shape index (κ2) is 34.5. The zero-order valence-corrected chi connectivity index (χ0v) is 45.5. The average Bonchev–Trinajstić information content (AvgIpc) is 3.62. The van der Waals surface area contributed by atoms with Crippen molar-refractivity contribution in [1.82, 2.24) is 47.0 Å². The highest BCUT2D eigenvalue weighted by atomic mass is 32.2. The van der Waals surface area contributed by atoms with E-state index in [9.17, 15) is 73.2 Å². The van der Waals surface area contributed by atoms with Gasteiger partial charge in [0.05, 0.1) is 26.2 Å². The molecule has 0 saturated heterocycles. The van der Waals surface area contributed by atoms with E-state index in [-0.39, 0.29) is 116 Å². The van der Waals surface area contributed by atoms with Crippen molar-refractivity contribution in [2.24, 2.45) is 11.8 Å². The second-order valence-corrected chi connectivity index (χ2v) is 20.7. The highest BCUT2D eigenvalue weighted by Crippen LogP contribution is 2.31. The lowest BCUT2D eigenvalue weighted by Gasteiger charge is -2.30. The number of nitrogens with zero attached hydrogens (tertiary/aromatic N) is 2. The van der Waals surface area contributed by atoms with Crippen LogP contribution in [0.5, 0.6) is 0 Å². The summed E-state index contributed by atoms with van der Waals surface area (Å²) in [5.41, 5.74) is 0.710. The van der Waals surface area contributed by atoms with Crippen LogP contribution in [0.15, 0.2) is 54.6 Å². The Hall–Kier alpha value is -7.66. The van der Waals surface area contributed by atoms with E-state index < -0.39 is 101 Å². The van der Waals surface area contributed by atoms with E-state index in [1.165, 1.54) is 0 Å². The van der Waals surface area contributed by atoms with E-state index in [2.05, 4.69) is 37.2 Å². The number of unbranched alkanes of at least 4 members (excludes halogenated alkanes) is 1. The smallest absolute Gasteiger partial charge is 0.327 e. The Bertz CT molecular complexity index is 2620. The SMILES string of the molecule is O=C(O)CCCC[C@H](NC(=O)N[C@@H](CSC[C@H](NC(=O)[C@H](Cc1c2ccccc2cc2ccccc12)NC(=O)C1CCC(CNC(=O)CN(CCNCC(=O)O)CCN(CCNCC(=O)O)CC(=O)O)CC1)C(=O)O)C(=O)O)C(=O)O. The summed E-state index contributed by atoms with van der Waals surface area (Å²) >= 11 is 0.770. The number of carbonyl (C=O) groups is 11. The van der Waals surface area contributed by atoms with Crippen molar-refractivity contribution in [3.8, 4) is 0 Å². The molecule has 0 heterocycles. The molecule has 1 aliphatic carbocycles. The van der Waals surface area contributed by atoms with Crippen LogP contribution in [0.1, 0.15) is 56.9 Å². The third-order valence-corrected chi connectivity index (χ3v) is 14.6. The van der Waals surface area contributed by atoms with Crippen molar-refractivity contribution in [3.63, 3.8) is 0 Å². The third kappa shape index (κ3) is 24.3. The molecule has 1 aliphatic rings. The van der Waals surface area contributed by atoms with Crippen molar-refractivity contribution in [2.75, 3.05) is 83.5 Å². The molecule has 28 heteroatoms. The minimum Gasteiger partial charge on any atom is -0.481 e. The molecule has 4 atom stereocenters. The van der Waals surface area contributed by atoms with Crippen LogP contribution in [0.25, 0.3) is 21.5 Å². The van der Waals surface area contributed by atoms with Crippen LogP contribution in [0, 0.1) is 11.8 Å². The van der Waals surface area contributed by atoms with Gasteiger partial charge in [0.1, 0.15) is 24.2 Å². The van der Waals surface area contributed by atoms with Crippen molar-refractivity contribution in [3.05, 3.63) is 60.2 Å². The number of hydrogen-bond donors (Lipinski definition) is 14. The highest BCUT2D eigenvalue weighted by molar-refractivity contribution is 7.99. The number of carbonyl (C=O) groups excluding carboxylic acids is 4. The zero-order chi connectivity index (χ0) is 59.4. The molecular formula is C53H73N9O18S. The van der Waals surface area contributed by atoms with Crippen molar-refractivity contribution >= 4 is 98.8 Å². The largest absolute Gasteiger partial charge is 0.481 e. The van der Waals surface area contributed by atoms with E-state index in [0.29, 0.717) is 31.2 Å². The molecule has 3 aromatic carbocycles. The molecule has 0 unspecified atom stereocenters. The Morgan fingerprint density at radius 1 is 0.556 bits per heavy atom. The molecule has 81 heavy (non-hydrogen) atoms. The lowest BCUT2D eigenvalue weighted by Crippen LogP contribution is -2.54. The first-order valence-corrected chi connectivity index (χ1v) is 27.6. The van der Waals surface area contributed by atoms with E-state index in [1.807, 2.05) is 54.6 Å². The molecule has 5 amide bonds. The Morgan fingerprint density at radius 3 is 1.59 bits per heavy atom. The summed E-state index contributed by atoms with van der Waals surface area (Å²) in [6.07, 6.45) is 1.69. The molecule has 1 fully saturated rings. The Morgan fingerprint density at radius 2 is 1.07 bits per heavy atom. The van der Waals surface area contributed by atoms with Gasteiger partial charge in [-0.1, -0.05) is 55.0 Å². The molecule has 0 aromatic heterocycles. The third-order valence-electron chi connectivity index (χ3n) is 13.5. The number of urea groups is 1. The van der Waals surface area contributed by atoms with Gasteiger partial charge < -0.3 is 73.0 Å². The molecule has 0 bridgehead atoms. The quantitative estimate of drug-likeness (QED) is 0.0267. The highest BCUT2D eigenvalue weighted by Gasteiger charge is 2.33. The number of benzene rings is 3. The van der Waals surface area contributed by atoms with Gasteiger partial charge in [-0.3, -0.25) is 43.4 Å². The summed E-state index contributed by atoms with van der Waals surface area (Å²) in [6, 6.07) is 9.77. The zero-order valence-electron chi connectivity index (χ0n) is 44.6. The fourth-order valence-electron chi connectivity index (χ4n) is 9.22. The van der Waals surface area contributed by atoms with Gasteiger partial charge in [0, 0.05) is 76.1 Å². The molecular weight excluding hydrogens is 1080 g/mol. The molecule has 4 rings (SSSR count). The van der Waals surface area contributed by atoms with Gasteiger partial charge in [-0.05, 0) is 77.6 Å². The first kappa shape index (κ1) is 65.9. The summed E-state index contributed by atoms with van der Waals surface area (Å²) in [6.45, 7) is 0.527. The number of carboxylic acids is 7. The van der Waals surface area contributed by atoms with Gasteiger partial charge in [-0.25, -0.2) is 19.2 Å². The standard InChI is InChI=1S/C53H73N9O18S/c63-43(28-61(19-17-54-26-45(66)67)21-22-62(29-47(70)71)20-18-55-27-46(68)69)56-25-32-13-15-33(16-14-32)48(72)57-40(24-38-36-9-3-1-7-34(36)23-35-8-2-4-10-37(35)38)49(73)58-41(51(76)77)30-81-31-42(52(78)79)60-53(80)59-39(50(74)75)11-5-6-12-44(64)65/h1-4,7-10,23,32-33,39-42,54-55H,5-6,11-22,24-31H2,(H,56,63)(H,57,72)(H,58,73)(H,64,65)(H,66,67)(H,68,69)(H,70,71)(H,74,75)(H,76,77)(H,78,79)(H2,59,60,80)/t32?,33?,39-,40-,41-,42-/m0/s1. The first-order chi connectivity index (χ1) is 38.6. The van der Waals surface area contributed by atoms with Crippen LogP contribution >= 0.6 is 11.8 Å². The van der Waals surface area contributed by atoms with Gasteiger partial charge >= 0.3 is 47.8 Å². The maximum atomic E-state index is 14.4.